The van der Waals surface area contributed by atoms with Gasteiger partial charge in [-0.05, 0) is 82.7 Å². The monoisotopic (exact) mass is 654 g/mol. The molecule has 0 fully saturated rings. The third-order valence-electron chi connectivity index (χ3n) is 9.71. The van der Waals surface area contributed by atoms with Crippen molar-refractivity contribution in [3.8, 4) is 33.7 Å². The van der Waals surface area contributed by atoms with Gasteiger partial charge in [-0.3, -0.25) is 0 Å². The van der Waals surface area contributed by atoms with E-state index in [-0.39, 0.29) is 0 Å². The van der Waals surface area contributed by atoms with Crippen molar-refractivity contribution in [1.82, 2.24) is 4.98 Å². The van der Waals surface area contributed by atoms with Crippen LogP contribution in [0.2, 0.25) is 0 Å². The van der Waals surface area contributed by atoms with Crippen LogP contribution in [0.25, 0.3) is 77.5 Å². The van der Waals surface area contributed by atoms with Gasteiger partial charge in [0.1, 0.15) is 16.7 Å². The summed E-state index contributed by atoms with van der Waals surface area (Å²) in [5, 5.41) is 4.53. The molecule has 0 saturated heterocycles. The highest BCUT2D eigenvalue weighted by Crippen LogP contribution is 2.41. The second-order valence-corrected chi connectivity index (χ2v) is 12.8. The number of benzene rings is 8. The molecule has 0 bridgehead atoms. The predicted octanol–water partition coefficient (Wildman–Crippen LogP) is 13.4. The number of hydrogen-bond donors (Lipinski definition) is 0. The SMILES string of the molecule is c1ccc(-c2ccc(-c3nc4c(-c5ccc(N(c6ccccc6)c6ccc7c(c6)oc6c8ccccc8ccc76)cc5)cccc4o3)cc2)cc1. The quantitative estimate of drug-likeness (QED) is 0.179. The molecule has 10 rings (SSSR count). The van der Waals surface area contributed by atoms with Gasteiger partial charge < -0.3 is 13.7 Å². The summed E-state index contributed by atoms with van der Waals surface area (Å²) in [7, 11) is 0. The van der Waals surface area contributed by atoms with Crippen molar-refractivity contribution in [2.45, 2.75) is 0 Å². The molecule has 10 aromatic rings. The number of nitrogens with zero attached hydrogens (tertiary/aromatic N) is 2. The van der Waals surface area contributed by atoms with E-state index < -0.39 is 0 Å². The summed E-state index contributed by atoms with van der Waals surface area (Å²) in [4.78, 5) is 7.26. The average molecular weight is 655 g/mol. The number of furan rings is 1. The van der Waals surface area contributed by atoms with Gasteiger partial charge in [0.25, 0.3) is 0 Å². The second-order valence-electron chi connectivity index (χ2n) is 12.8. The smallest absolute Gasteiger partial charge is 0.227 e. The van der Waals surface area contributed by atoms with Gasteiger partial charge in [0.05, 0.1) is 0 Å². The van der Waals surface area contributed by atoms with E-state index in [2.05, 4.69) is 163 Å². The fraction of sp³-hybridized carbons (Fsp3) is 0. The Morgan fingerprint density at radius 1 is 0.392 bits per heavy atom. The molecule has 0 saturated carbocycles. The van der Waals surface area contributed by atoms with E-state index in [4.69, 9.17) is 13.8 Å². The Kier molecular flexibility index (Phi) is 6.78. The van der Waals surface area contributed by atoms with Crippen molar-refractivity contribution in [2.75, 3.05) is 4.90 Å². The minimum atomic E-state index is 0.609. The minimum absolute atomic E-state index is 0.609. The standard InChI is InChI=1S/C47H30N2O2/c1-3-10-31(11-4-1)32-18-20-35(21-19-32)47-48-45-39(16-9-17-43(45)51-47)34-22-25-37(26-23-34)49(36-13-5-2-6-14-36)38-27-29-41-42-28-24-33-12-7-8-15-40(33)46(42)50-44(41)30-38/h1-30H. The molecule has 0 N–H and O–H groups in total. The van der Waals surface area contributed by atoms with Crippen LogP contribution in [0.3, 0.4) is 0 Å². The van der Waals surface area contributed by atoms with E-state index in [9.17, 15) is 0 Å². The zero-order valence-electron chi connectivity index (χ0n) is 27.5. The molecule has 0 spiro atoms. The van der Waals surface area contributed by atoms with E-state index >= 15 is 0 Å². The molecule has 2 heterocycles. The van der Waals surface area contributed by atoms with Crippen molar-refractivity contribution in [3.63, 3.8) is 0 Å². The molecule has 0 radical (unpaired) electrons. The summed E-state index contributed by atoms with van der Waals surface area (Å²) < 4.78 is 12.9. The number of fused-ring (bicyclic) bond motifs is 6. The molecule has 0 atom stereocenters. The topological polar surface area (TPSA) is 42.4 Å². The summed E-state index contributed by atoms with van der Waals surface area (Å²) >= 11 is 0. The van der Waals surface area contributed by atoms with Crippen molar-refractivity contribution < 1.29 is 8.83 Å². The van der Waals surface area contributed by atoms with E-state index in [1.165, 1.54) is 10.9 Å². The maximum Gasteiger partial charge on any atom is 0.227 e. The van der Waals surface area contributed by atoms with Crippen LogP contribution < -0.4 is 4.90 Å². The van der Waals surface area contributed by atoms with E-state index in [0.717, 1.165) is 77.7 Å². The van der Waals surface area contributed by atoms with Crippen LogP contribution in [0.5, 0.6) is 0 Å². The lowest BCUT2D eigenvalue weighted by atomic mass is 10.0. The number of hydrogen-bond acceptors (Lipinski definition) is 4. The normalized spacial score (nSPS) is 11.5. The zero-order valence-corrected chi connectivity index (χ0v) is 27.5. The number of para-hydroxylation sites is 2. The van der Waals surface area contributed by atoms with Gasteiger partial charge >= 0.3 is 0 Å². The molecular weight excluding hydrogens is 625 g/mol. The Bertz CT molecular complexity index is 2840. The molecule has 8 aromatic carbocycles. The molecule has 51 heavy (non-hydrogen) atoms. The van der Waals surface area contributed by atoms with Crippen LogP contribution in [0.4, 0.5) is 17.1 Å². The van der Waals surface area contributed by atoms with E-state index in [1.807, 2.05) is 24.3 Å². The summed E-state index contributed by atoms with van der Waals surface area (Å²) in [5.41, 5.74) is 11.9. The Balaban J connectivity index is 1.01. The zero-order chi connectivity index (χ0) is 33.7. The van der Waals surface area contributed by atoms with Gasteiger partial charge in [0.15, 0.2) is 5.58 Å². The predicted molar refractivity (Wildman–Crippen MR) is 210 cm³/mol. The largest absolute Gasteiger partial charge is 0.455 e. The molecule has 4 nitrogen and oxygen atoms in total. The molecule has 0 aliphatic carbocycles. The maximum atomic E-state index is 6.56. The first-order valence-electron chi connectivity index (χ1n) is 17.1. The fourth-order valence-electron chi connectivity index (χ4n) is 7.19. The molecule has 0 aliphatic heterocycles. The van der Waals surface area contributed by atoms with Gasteiger partial charge in [0, 0.05) is 50.4 Å². The first kappa shape index (κ1) is 29.0. The first-order valence-corrected chi connectivity index (χ1v) is 17.1. The van der Waals surface area contributed by atoms with Gasteiger partial charge in [-0.2, -0.15) is 0 Å². The van der Waals surface area contributed by atoms with Crippen LogP contribution in [-0.4, -0.2) is 4.98 Å². The minimum Gasteiger partial charge on any atom is -0.455 e. The van der Waals surface area contributed by atoms with E-state index in [1.54, 1.807) is 0 Å². The maximum absolute atomic E-state index is 6.56. The van der Waals surface area contributed by atoms with Gasteiger partial charge in [0.2, 0.25) is 5.89 Å². The molecule has 240 valence electrons. The van der Waals surface area contributed by atoms with Gasteiger partial charge in [-0.1, -0.05) is 115 Å². The summed E-state index contributed by atoms with van der Waals surface area (Å²) in [6.45, 7) is 0. The lowest BCUT2D eigenvalue weighted by Gasteiger charge is -2.25. The highest BCUT2D eigenvalue weighted by molar-refractivity contribution is 6.15. The van der Waals surface area contributed by atoms with Gasteiger partial charge in [-0.25, -0.2) is 4.98 Å². The summed E-state index contributed by atoms with van der Waals surface area (Å²) in [6, 6.07) is 63.2. The van der Waals surface area contributed by atoms with Crippen LogP contribution in [0.1, 0.15) is 0 Å². The van der Waals surface area contributed by atoms with Crippen LogP contribution >= 0.6 is 0 Å². The summed E-state index contributed by atoms with van der Waals surface area (Å²) in [5.74, 6) is 0.609. The average Bonchev–Trinajstić information content (AvgIpc) is 3.81. The summed E-state index contributed by atoms with van der Waals surface area (Å²) in [6.07, 6.45) is 0. The highest BCUT2D eigenvalue weighted by Gasteiger charge is 2.18. The van der Waals surface area contributed by atoms with Crippen LogP contribution in [-0.2, 0) is 0 Å². The Morgan fingerprint density at radius 3 is 1.86 bits per heavy atom. The van der Waals surface area contributed by atoms with Gasteiger partial charge in [-0.15, -0.1) is 0 Å². The Hall–Kier alpha value is -6.91. The highest BCUT2D eigenvalue weighted by atomic mass is 16.3. The third-order valence-corrected chi connectivity index (χ3v) is 9.71. The van der Waals surface area contributed by atoms with Crippen molar-refractivity contribution in [1.29, 1.82) is 0 Å². The first-order chi connectivity index (χ1) is 25.3. The molecule has 2 aromatic heterocycles. The number of aromatic nitrogens is 1. The van der Waals surface area contributed by atoms with Crippen LogP contribution in [0.15, 0.2) is 191 Å². The Labute approximate surface area is 294 Å². The van der Waals surface area contributed by atoms with Crippen molar-refractivity contribution >= 4 is 60.9 Å². The lowest BCUT2D eigenvalue weighted by Crippen LogP contribution is -2.09. The number of anilines is 3. The molecule has 0 aliphatic rings. The fourth-order valence-corrected chi connectivity index (χ4v) is 7.19. The Morgan fingerprint density at radius 2 is 1.04 bits per heavy atom. The molecule has 0 unspecified atom stereocenters. The van der Waals surface area contributed by atoms with Crippen molar-refractivity contribution in [2.24, 2.45) is 0 Å². The third kappa shape index (κ3) is 5.04. The van der Waals surface area contributed by atoms with Crippen molar-refractivity contribution in [3.05, 3.63) is 182 Å². The number of rotatable bonds is 6. The molecular formula is C47H30N2O2. The molecule has 4 heteroatoms. The second kappa shape index (κ2) is 11.9. The number of oxazole rings is 1. The lowest BCUT2D eigenvalue weighted by molar-refractivity contribution is 0.620. The molecule has 0 amide bonds. The van der Waals surface area contributed by atoms with Crippen LogP contribution in [0, 0.1) is 0 Å². The van der Waals surface area contributed by atoms with E-state index in [0.29, 0.717) is 5.89 Å².